The average Bonchev–Trinajstić information content (AvgIpc) is 2.55. The Kier molecular flexibility index (Phi) is 3.07. The van der Waals surface area contributed by atoms with Gasteiger partial charge in [0, 0.05) is 26.2 Å². The molecule has 1 aliphatic rings. The fraction of sp³-hybridized carbons (Fsp3) is 0.600. The number of aromatic nitrogens is 2. The maximum absolute atomic E-state index is 10.8. The minimum absolute atomic E-state index is 0.325. The molecule has 0 spiro atoms. The van der Waals surface area contributed by atoms with Gasteiger partial charge in [-0.25, -0.2) is 0 Å². The number of halogens is 1. The van der Waals surface area contributed by atoms with Gasteiger partial charge in [-0.15, -0.1) is 0 Å². The van der Waals surface area contributed by atoms with Gasteiger partial charge in [-0.2, -0.15) is 5.10 Å². The number of aldehydes is 1. The van der Waals surface area contributed by atoms with Crippen LogP contribution in [0.2, 0.25) is 5.02 Å². The van der Waals surface area contributed by atoms with Gasteiger partial charge in [0.1, 0.15) is 5.69 Å². The molecule has 1 aliphatic heterocycles. The molecule has 1 saturated heterocycles. The normalized spacial score (nSPS) is 18.0. The highest BCUT2D eigenvalue weighted by atomic mass is 35.5. The summed E-state index contributed by atoms with van der Waals surface area (Å²) in [6.45, 7) is 1.49. The maximum Gasteiger partial charge on any atom is 0.169 e. The first-order chi connectivity index (χ1) is 7.24. The molecule has 1 aromatic heterocycles. The van der Waals surface area contributed by atoms with Crippen LogP contribution in [0.5, 0.6) is 0 Å². The summed E-state index contributed by atoms with van der Waals surface area (Å²) in [5.41, 5.74) is 1.29. The molecule has 82 valence electrons. The van der Waals surface area contributed by atoms with E-state index in [4.69, 9.17) is 16.3 Å². The van der Waals surface area contributed by atoms with Crippen LogP contribution in [0.4, 0.5) is 0 Å². The summed E-state index contributed by atoms with van der Waals surface area (Å²) < 4.78 is 6.82. The van der Waals surface area contributed by atoms with E-state index in [9.17, 15) is 4.79 Å². The van der Waals surface area contributed by atoms with Gasteiger partial charge in [0.05, 0.1) is 10.7 Å². The van der Waals surface area contributed by atoms with E-state index in [-0.39, 0.29) is 0 Å². The monoisotopic (exact) mass is 228 g/mol. The van der Waals surface area contributed by atoms with Crippen molar-refractivity contribution < 1.29 is 9.53 Å². The summed E-state index contributed by atoms with van der Waals surface area (Å²) in [5, 5.41) is 4.80. The largest absolute Gasteiger partial charge is 0.381 e. The maximum atomic E-state index is 10.8. The molecule has 15 heavy (non-hydrogen) atoms. The van der Waals surface area contributed by atoms with E-state index in [0.29, 0.717) is 16.6 Å². The molecular weight excluding hydrogens is 216 g/mol. The van der Waals surface area contributed by atoms with Gasteiger partial charge in [0.2, 0.25) is 0 Å². The summed E-state index contributed by atoms with van der Waals surface area (Å²) in [6.07, 6.45) is 2.60. The molecule has 2 rings (SSSR count). The molecule has 0 aromatic carbocycles. The minimum Gasteiger partial charge on any atom is -0.381 e. The van der Waals surface area contributed by atoms with Crippen LogP contribution in [0.1, 0.15) is 34.9 Å². The number of hydrogen-bond donors (Lipinski definition) is 0. The summed E-state index contributed by atoms with van der Waals surface area (Å²) in [6, 6.07) is 0. The molecule has 0 unspecified atom stereocenters. The highest BCUT2D eigenvalue weighted by molar-refractivity contribution is 6.33. The standard InChI is InChI=1S/C10H13ClN2O2/c1-13-8(6-14)9(11)10(12-13)7-2-4-15-5-3-7/h6-7H,2-5H2,1H3. The van der Waals surface area contributed by atoms with Crippen LogP contribution in [0.3, 0.4) is 0 Å². The Morgan fingerprint density at radius 1 is 1.53 bits per heavy atom. The zero-order valence-electron chi connectivity index (χ0n) is 8.57. The first kappa shape index (κ1) is 10.6. The summed E-state index contributed by atoms with van der Waals surface area (Å²) in [4.78, 5) is 10.8. The molecule has 0 N–H and O–H groups in total. The lowest BCUT2D eigenvalue weighted by Gasteiger charge is -2.20. The molecule has 4 nitrogen and oxygen atoms in total. The van der Waals surface area contributed by atoms with Gasteiger partial charge in [-0.3, -0.25) is 9.48 Å². The molecule has 0 saturated carbocycles. The van der Waals surface area contributed by atoms with Gasteiger partial charge < -0.3 is 4.74 Å². The zero-order valence-corrected chi connectivity index (χ0v) is 9.33. The fourth-order valence-electron chi connectivity index (χ4n) is 1.89. The zero-order chi connectivity index (χ0) is 10.8. The summed E-state index contributed by atoms with van der Waals surface area (Å²) in [7, 11) is 1.73. The van der Waals surface area contributed by atoms with E-state index in [2.05, 4.69) is 5.10 Å². The van der Waals surface area contributed by atoms with Crippen molar-refractivity contribution in [2.75, 3.05) is 13.2 Å². The Morgan fingerprint density at radius 2 is 2.20 bits per heavy atom. The van der Waals surface area contributed by atoms with E-state index in [1.54, 1.807) is 11.7 Å². The van der Waals surface area contributed by atoms with Crippen LogP contribution in [-0.4, -0.2) is 29.3 Å². The third-order valence-corrected chi connectivity index (χ3v) is 3.16. The number of nitrogens with zero attached hydrogens (tertiary/aromatic N) is 2. The quantitative estimate of drug-likeness (QED) is 0.725. The van der Waals surface area contributed by atoms with Gasteiger partial charge >= 0.3 is 0 Å². The third kappa shape index (κ3) is 1.92. The molecule has 0 amide bonds. The topological polar surface area (TPSA) is 44.1 Å². The van der Waals surface area contributed by atoms with Crippen LogP contribution in [0.25, 0.3) is 0 Å². The Bertz CT molecular complexity index is 370. The van der Waals surface area contributed by atoms with Gasteiger partial charge in [-0.1, -0.05) is 11.6 Å². The van der Waals surface area contributed by atoms with Crippen LogP contribution in [0, 0.1) is 0 Å². The van der Waals surface area contributed by atoms with Crippen LogP contribution in [0.15, 0.2) is 0 Å². The molecule has 0 bridgehead atoms. The number of carbonyl (C=O) groups excluding carboxylic acids is 1. The van der Waals surface area contributed by atoms with Crippen molar-refractivity contribution in [1.29, 1.82) is 0 Å². The Morgan fingerprint density at radius 3 is 2.73 bits per heavy atom. The van der Waals surface area contributed by atoms with Crippen molar-refractivity contribution in [1.82, 2.24) is 9.78 Å². The smallest absolute Gasteiger partial charge is 0.169 e. The SMILES string of the molecule is Cn1nc(C2CCOCC2)c(Cl)c1C=O. The average molecular weight is 229 g/mol. The Balaban J connectivity index is 2.31. The third-order valence-electron chi connectivity index (χ3n) is 2.78. The molecule has 1 fully saturated rings. The highest BCUT2D eigenvalue weighted by Gasteiger charge is 2.24. The number of carbonyl (C=O) groups is 1. The van der Waals surface area contributed by atoms with Crippen molar-refractivity contribution in [2.45, 2.75) is 18.8 Å². The second-order valence-electron chi connectivity index (χ2n) is 3.71. The second kappa shape index (κ2) is 4.33. The Hall–Kier alpha value is -0.870. The number of hydrogen-bond acceptors (Lipinski definition) is 3. The number of rotatable bonds is 2. The van der Waals surface area contributed by atoms with Crippen molar-refractivity contribution in [3.63, 3.8) is 0 Å². The molecule has 0 atom stereocenters. The number of ether oxygens (including phenoxy) is 1. The highest BCUT2D eigenvalue weighted by Crippen LogP contribution is 2.32. The predicted molar refractivity (Wildman–Crippen MR) is 56.4 cm³/mol. The first-order valence-corrected chi connectivity index (χ1v) is 5.37. The van der Waals surface area contributed by atoms with E-state index in [1.165, 1.54) is 0 Å². The van der Waals surface area contributed by atoms with Gasteiger partial charge in [-0.05, 0) is 12.8 Å². The van der Waals surface area contributed by atoms with Crippen molar-refractivity contribution in [3.05, 3.63) is 16.4 Å². The summed E-state index contributed by atoms with van der Waals surface area (Å²) >= 11 is 6.11. The van der Waals surface area contributed by atoms with Crippen molar-refractivity contribution in [2.24, 2.45) is 7.05 Å². The molecule has 0 radical (unpaired) electrons. The molecule has 1 aromatic rings. The lowest BCUT2D eigenvalue weighted by atomic mass is 9.96. The van der Waals surface area contributed by atoms with Crippen LogP contribution >= 0.6 is 11.6 Å². The van der Waals surface area contributed by atoms with E-state index in [1.807, 2.05) is 0 Å². The second-order valence-corrected chi connectivity index (χ2v) is 4.09. The Labute approximate surface area is 93.2 Å². The van der Waals surface area contributed by atoms with Crippen molar-refractivity contribution in [3.8, 4) is 0 Å². The lowest BCUT2D eigenvalue weighted by molar-refractivity contribution is 0.0844. The van der Waals surface area contributed by atoms with Crippen LogP contribution < -0.4 is 0 Å². The fourth-order valence-corrected chi connectivity index (χ4v) is 2.25. The lowest BCUT2D eigenvalue weighted by Crippen LogP contribution is -2.14. The van der Waals surface area contributed by atoms with Crippen molar-refractivity contribution >= 4 is 17.9 Å². The molecule has 2 heterocycles. The molecule has 5 heteroatoms. The first-order valence-electron chi connectivity index (χ1n) is 4.99. The minimum atomic E-state index is 0.325. The van der Waals surface area contributed by atoms with E-state index in [0.717, 1.165) is 38.0 Å². The van der Waals surface area contributed by atoms with Gasteiger partial charge in [0.15, 0.2) is 6.29 Å². The summed E-state index contributed by atoms with van der Waals surface area (Å²) in [5.74, 6) is 0.325. The number of aryl methyl sites for hydroxylation is 1. The van der Waals surface area contributed by atoms with E-state index < -0.39 is 0 Å². The van der Waals surface area contributed by atoms with E-state index >= 15 is 0 Å². The molecular formula is C10H13ClN2O2. The van der Waals surface area contributed by atoms with Gasteiger partial charge in [0.25, 0.3) is 0 Å². The molecule has 0 aliphatic carbocycles. The van der Waals surface area contributed by atoms with Crippen LogP contribution in [-0.2, 0) is 11.8 Å². The predicted octanol–water partition coefficient (Wildman–Crippen LogP) is 1.78.